The maximum Gasteiger partial charge on any atom is 0.309 e. The van der Waals surface area contributed by atoms with Crippen LogP contribution in [0.2, 0.25) is 0 Å². The summed E-state index contributed by atoms with van der Waals surface area (Å²) in [5, 5.41) is 9.70. The minimum atomic E-state index is -0.509. The molecule has 7 saturated carbocycles. The summed E-state index contributed by atoms with van der Waals surface area (Å²) < 4.78 is 0. The first-order valence-corrected chi connectivity index (χ1v) is 8.07. The van der Waals surface area contributed by atoms with Crippen molar-refractivity contribution in [2.45, 2.75) is 44.1 Å². The molecule has 4 heteroatoms. The summed E-state index contributed by atoms with van der Waals surface area (Å²) >= 11 is 6.07. The molecule has 0 aromatic rings. The molecule has 0 aromatic heterocycles. The second kappa shape index (κ2) is 3.14. The van der Waals surface area contributed by atoms with Crippen LogP contribution in [0.1, 0.15) is 38.5 Å². The summed E-state index contributed by atoms with van der Waals surface area (Å²) in [7, 11) is 0. The summed E-state index contributed by atoms with van der Waals surface area (Å²) in [6.07, 6.45) is 6.45. The van der Waals surface area contributed by atoms with E-state index in [9.17, 15) is 9.90 Å². The van der Waals surface area contributed by atoms with Crippen molar-refractivity contribution >= 4 is 17.7 Å². The van der Waals surface area contributed by atoms with Crippen LogP contribution in [0.3, 0.4) is 0 Å². The first-order valence-electron chi connectivity index (χ1n) is 7.69. The molecule has 7 aliphatic carbocycles. The Morgan fingerprint density at radius 1 is 0.895 bits per heavy atom. The van der Waals surface area contributed by atoms with Crippen molar-refractivity contribution in [2.24, 2.45) is 40.9 Å². The van der Waals surface area contributed by atoms with Gasteiger partial charge in [-0.15, -0.1) is 0 Å². The van der Waals surface area contributed by atoms with Crippen molar-refractivity contribution in [1.29, 1.82) is 0 Å². The lowest BCUT2D eigenvalue weighted by Crippen LogP contribution is -2.72. The summed E-state index contributed by atoms with van der Waals surface area (Å²) in [4.78, 5) is 14.9. The number of aliphatic carboxylic acids is 1. The molecular weight excluding hydrogens is 262 g/mol. The lowest BCUT2D eigenvalue weighted by atomic mass is 9.32. The van der Waals surface area contributed by atoms with Gasteiger partial charge in [-0.2, -0.15) is 0 Å². The predicted molar refractivity (Wildman–Crippen MR) is 70.4 cm³/mol. The molecule has 7 rings (SSSR count). The second-order valence-electron chi connectivity index (χ2n) is 8.17. The Morgan fingerprint density at radius 2 is 1.26 bits per heavy atom. The first-order chi connectivity index (χ1) is 9.07. The molecule has 7 aliphatic rings. The number of carboxylic acid groups (broad SMARTS) is 1. The molecule has 7 fully saturated rings. The van der Waals surface area contributed by atoms with Crippen molar-refractivity contribution in [2.75, 3.05) is 0 Å². The molecule has 0 spiro atoms. The summed E-state index contributed by atoms with van der Waals surface area (Å²) in [5.74, 6) is 3.81. The number of hydrogen-bond donors (Lipinski definition) is 2. The van der Waals surface area contributed by atoms with Gasteiger partial charge in [0.25, 0.3) is 0 Å². The summed E-state index contributed by atoms with van der Waals surface area (Å²) in [6.45, 7) is 0. The Hall–Kier alpha value is -0.280. The minimum absolute atomic E-state index is 0.186. The molecule has 0 radical (unpaired) electrons. The quantitative estimate of drug-likeness (QED) is 0.765. The van der Waals surface area contributed by atoms with E-state index in [0.717, 1.165) is 37.0 Å². The third kappa shape index (κ3) is 1.11. The number of hydrogen-bond acceptors (Lipinski definition) is 2. The standard InChI is InChI=1S/C15H20ClNO2/c16-17-15-4-10-7-1-14(13(18)19)2-8(10)12(6-15)9(3-14)11(7)5-15/h7-12,17H,1-6H2,(H,18,19). The van der Waals surface area contributed by atoms with E-state index in [1.54, 1.807) is 0 Å². The average Bonchev–Trinajstić information content (AvgIpc) is 2.43. The van der Waals surface area contributed by atoms with Gasteiger partial charge in [-0.25, -0.2) is 4.84 Å². The fraction of sp³-hybridized carbons (Fsp3) is 0.933. The molecular formula is C15H20ClNO2. The molecule has 0 aliphatic heterocycles. The van der Waals surface area contributed by atoms with Crippen molar-refractivity contribution in [3.05, 3.63) is 0 Å². The molecule has 19 heavy (non-hydrogen) atoms. The molecule has 0 atom stereocenters. The maximum atomic E-state index is 11.8. The van der Waals surface area contributed by atoms with Crippen LogP contribution >= 0.6 is 11.8 Å². The van der Waals surface area contributed by atoms with Crippen LogP contribution in [0.15, 0.2) is 0 Å². The van der Waals surface area contributed by atoms with Crippen LogP contribution in [0, 0.1) is 40.9 Å². The molecule has 3 nitrogen and oxygen atoms in total. The van der Waals surface area contributed by atoms with Gasteiger partial charge in [0.1, 0.15) is 0 Å². The van der Waals surface area contributed by atoms with Crippen LogP contribution < -0.4 is 4.84 Å². The smallest absolute Gasteiger partial charge is 0.309 e. The summed E-state index contributed by atoms with van der Waals surface area (Å²) in [6, 6.07) is 0. The zero-order chi connectivity index (χ0) is 13.0. The van der Waals surface area contributed by atoms with Gasteiger partial charge in [-0.1, -0.05) is 0 Å². The third-order valence-corrected chi connectivity index (χ3v) is 8.11. The zero-order valence-corrected chi connectivity index (χ0v) is 11.7. The number of nitrogens with one attached hydrogen (secondary N) is 1. The van der Waals surface area contributed by atoms with Crippen LogP contribution in [0.4, 0.5) is 0 Å². The molecule has 0 heterocycles. The van der Waals surface area contributed by atoms with E-state index in [2.05, 4.69) is 4.84 Å². The van der Waals surface area contributed by atoms with Gasteiger partial charge in [0.15, 0.2) is 0 Å². The zero-order valence-electron chi connectivity index (χ0n) is 10.9. The largest absolute Gasteiger partial charge is 0.481 e. The first kappa shape index (κ1) is 11.4. The predicted octanol–water partition coefficient (Wildman–Crippen LogP) is 2.65. The molecule has 8 bridgehead atoms. The van der Waals surface area contributed by atoms with E-state index in [1.807, 2.05) is 0 Å². The number of halogens is 1. The second-order valence-corrected chi connectivity index (χ2v) is 8.36. The van der Waals surface area contributed by atoms with Crippen molar-refractivity contribution < 1.29 is 9.90 Å². The number of carboxylic acids is 1. The van der Waals surface area contributed by atoms with Crippen molar-refractivity contribution in [3.63, 3.8) is 0 Å². The van der Waals surface area contributed by atoms with E-state index in [0.29, 0.717) is 17.8 Å². The molecule has 0 amide bonds. The van der Waals surface area contributed by atoms with Gasteiger partial charge in [0.05, 0.1) is 5.41 Å². The van der Waals surface area contributed by atoms with Crippen LogP contribution in [-0.4, -0.2) is 16.6 Å². The Bertz CT molecular complexity index is 414. The number of rotatable bonds is 2. The monoisotopic (exact) mass is 281 g/mol. The van der Waals surface area contributed by atoms with Gasteiger partial charge in [-0.3, -0.25) is 4.79 Å². The topological polar surface area (TPSA) is 49.3 Å². The summed E-state index contributed by atoms with van der Waals surface area (Å²) in [5.41, 5.74) is -0.166. The van der Waals surface area contributed by atoms with E-state index in [-0.39, 0.29) is 11.0 Å². The molecule has 104 valence electrons. The van der Waals surface area contributed by atoms with Crippen LogP contribution in [-0.2, 0) is 4.79 Å². The Balaban J connectivity index is 1.61. The van der Waals surface area contributed by atoms with Crippen LogP contribution in [0.5, 0.6) is 0 Å². The van der Waals surface area contributed by atoms with Gasteiger partial charge in [0.2, 0.25) is 0 Å². The molecule has 0 aromatic carbocycles. The highest BCUT2D eigenvalue weighted by Gasteiger charge is 2.71. The SMILES string of the molecule is O=C(O)C12CC3C4CC5(NCl)CC3C(C1)C(C5)C4C2. The third-order valence-electron chi connectivity index (χ3n) is 7.71. The van der Waals surface area contributed by atoms with E-state index >= 15 is 0 Å². The van der Waals surface area contributed by atoms with Crippen molar-refractivity contribution in [1.82, 2.24) is 4.84 Å². The normalized spacial score (nSPS) is 63.8. The molecule has 2 N–H and O–H groups in total. The van der Waals surface area contributed by atoms with E-state index in [4.69, 9.17) is 11.8 Å². The van der Waals surface area contributed by atoms with E-state index < -0.39 is 5.97 Å². The fourth-order valence-electron chi connectivity index (χ4n) is 7.31. The molecule has 0 saturated heterocycles. The fourth-order valence-corrected chi connectivity index (χ4v) is 7.54. The molecule has 0 unspecified atom stereocenters. The van der Waals surface area contributed by atoms with Gasteiger partial charge < -0.3 is 5.11 Å². The maximum absolute atomic E-state index is 11.8. The van der Waals surface area contributed by atoms with Crippen LogP contribution in [0.25, 0.3) is 0 Å². The Morgan fingerprint density at radius 3 is 1.58 bits per heavy atom. The lowest BCUT2D eigenvalue weighted by Gasteiger charge is -2.73. The minimum Gasteiger partial charge on any atom is -0.481 e. The average molecular weight is 282 g/mol. The highest BCUT2D eigenvalue weighted by atomic mass is 35.5. The van der Waals surface area contributed by atoms with Gasteiger partial charge in [-0.05, 0) is 85.8 Å². The van der Waals surface area contributed by atoms with Crippen molar-refractivity contribution in [3.8, 4) is 0 Å². The Kier molecular flexibility index (Phi) is 1.88. The highest BCUT2D eigenvalue weighted by molar-refractivity contribution is 6.13. The van der Waals surface area contributed by atoms with Gasteiger partial charge >= 0.3 is 5.97 Å². The van der Waals surface area contributed by atoms with E-state index in [1.165, 1.54) is 19.3 Å². The lowest BCUT2D eigenvalue weighted by molar-refractivity contribution is -0.242. The van der Waals surface area contributed by atoms with Gasteiger partial charge in [0, 0.05) is 5.54 Å². The highest BCUT2D eigenvalue weighted by Crippen LogP contribution is 2.74. The number of carbonyl (C=O) groups is 1. The Labute approximate surface area is 118 Å².